The van der Waals surface area contributed by atoms with Crippen molar-refractivity contribution >= 4 is 22.6 Å². The van der Waals surface area contributed by atoms with Gasteiger partial charge in [0, 0.05) is 37.3 Å². The van der Waals surface area contributed by atoms with E-state index in [0.717, 1.165) is 18.8 Å². The lowest BCUT2D eigenvalue weighted by atomic mass is 10.1. The molecule has 7 nitrogen and oxygen atoms in total. The molecule has 1 aromatic carbocycles. The van der Waals surface area contributed by atoms with Gasteiger partial charge in [0.05, 0.1) is 18.8 Å². The highest BCUT2D eigenvalue weighted by Gasteiger charge is 2.36. The first-order chi connectivity index (χ1) is 14.2. The zero-order valence-corrected chi connectivity index (χ0v) is 16.5. The molecule has 8 heteroatoms. The number of amides is 1. The molecule has 3 aromatic rings. The largest absolute Gasteiger partial charge is 0.443 e. The van der Waals surface area contributed by atoms with Gasteiger partial charge >= 0.3 is 6.09 Å². The summed E-state index contributed by atoms with van der Waals surface area (Å²) < 4.78 is 7.18. The van der Waals surface area contributed by atoms with Gasteiger partial charge in [0.25, 0.3) is 5.56 Å². The SMILES string of the molecule is O=C1O[C@@H](CN2Cc3ccccc3C2)CN1c1nc(Cn2ccccc2=O)cs1. The molecule has 0 N–H and O–H groups in total. The van der Waals surface area contributed by atoms with E-state index < -0.39 is 0 Å². The third kappa shape index (κ3) is 3.68. The van der Waals surface area contributed by atoms with Gasteiger partial charge in [0.15, 0.2) is 5.13 Å². The standard InChI is InChI=1S/C21H20N4O3S/c26-19-7-3-4-8-24(19)11-17-14-29-20(22-17)25-13-18(28-21(25)27)12-23-9-15-5-1-2-6-16(15)10-23/h1-8,14,18H,9-13H2/t18-/m0/s1. The Morgan fingerprint density at radius 1 is 1.07 bits per heavy atom. The normalized spacial score (nSPS) is 18.8. The van der Waals surface area contributed by atoms with E-state index in [0.29, 0.717) is 24.8 Å². The van der Waals surface area contributed by atoms with E-state index in [9.17, 15) is 9.59 Å². The molecule has 1 fully saturated rings. The molecule has 1 saturated heterocycles. The molecule has 0 unspecified atom stereocenters. The summed E-state index contributed by atoms with van der Waals surface area (Å²) in [4.78, 5) is 32.7. The molecule has 0 radical (unpaired) electrons. The van der Waals surface area contributed by atoms with Crippen LogP contribution in [-0.2, 0) is 24.4 Å². The van der Waals surface area contributed by atoms with Crippen molar-refractivity contribution in [1.29, 1.82) is 0 Å². The average molecular weight is 408 g/mol. The van der Waals surface area contributed by atoms with Crippen LogP contribution in [0.5, 0.6) is 0 Å². The number of hydrogen-bond acceptors (Lipinski definition) is 6. The van der Waals surface area contributed by atoms with Crippen molar-refractivity contribution in [2.45, 2.75) is 25.7 Å². The number of fused-ring (bicyclic) bond motifs is 1. The summed E-state index contributed by atoms with van der Waals surface area (Å²) >= 11 is 1.40. The summed E-state index contributed by atoms with van der Waals surface area (Å²) in [6.45, 7) is 3.35. The Bertz CT molecular complexity index is 1080. The van der Waals surface area contributed by atoms with Gasteiger partial charge in [-0.05, 0) is 17.2 Å². The van der Waals surface area contributed by atoms with Crippen molar-refractivity contribution in [3.8, 4) is 0 Å². The van der Waals surface area contributed by atoms with Crippen LogP contribution in [0.1, 0.15) is 16.8 Å². The lowest BCUT2D eigenvalue weighted by molar-refractivity contribution is 0.108. The minimum atomic E-state index is -0.357. The minimum Gasteiger partial charge on any atom is -0.443 e. The van der Waals surface area contributed by atoms with Gasteiger partial charge in [-0.3, -0.25) is 9.69 Å². The molecule has 2 aromatic heterocycles. The number of aromatic nitrogens is 2. The number of rotatable bonds is 5. The molecular formula is C21H20N4O3S. The summed E-state index contributed by atoms with van der Waals surface area (Å²) in [5.41, 5.74) is 3.36. The Hall–Kier alpha value is -2.97. The lowest BCUT2D eigenvalue weighted by Gasteiger charge is -2.18. The number of cyclic esters (lactones) is 1. The molecule has 1 amide bonds. The molecule has 0 bridgehead atoms. The topological polar surface area (TPSA) is 67.7 Å². The number of carbonyl (C=O) groups is 1. The first-order valence-corrected chi connectivity index (χ1v) is 10.4. The van der Waals surface area contributed by atoms with Crippen LogP contribution < -0.4 is 10.5 Å². The second-order valence-corrected chi connectivity index (χ2v) is 8.18. The maximum Gasteiger partial charge on any atom is 0.416 e. The molecule has 0 aliphatic carbocycles. The molecule has 4 heterocycles. The highest BCUT2D eigenvalue weighted by atomic mass is 32.1. The van der Waals surface area contributed by atoms with Crippen LogP contribution in [0.3, 0.4) is 0 Å². The van der Waals surface area contributed by atoms with E-state index >= 15 is 0 Å². The van der Waals surface area contributed by atoms with Crippen LogP contribution in [0.4, 0.5) is 9.93 Å². The average Bonchev–Trinajstić information content (AvgIpc) is 3.42. The Morgan fingerprint density at radius 3 is 2.59 bits per heavy atom. The number of thiazole rings is 1. The van der Waals surface area contributed by atoms with Crippen molar-refractivity contribution in [2.24, 2.45) is 0 Å². The maximum absolute atomic E-state index is 12.4. The highest BCUT2D eigenvalue weighted by Crippen LogP contribution is 2.28. The Labute approximate surface area is 171 Å². The lowest BCUT2D eigenvalue weighted by Crippen LogP contribution is -2.31. The second-order valence-electron chi connectivity index (χ2n) is 7.34. The van der Waals surface area contributed by atoms with Crippen LogP contribution in [0.25, 0.3) is 0 Å². The van der Waals surface area contributed by atoms with E-state index in [1.165, 1.54) is 28.5 Å². The fourth-order valence-corrected chi connectivity index (χ4v) is 4.67. The highest BCUT2D eigenvalue weighted by molar-refractivity contribution is 7.14. The second kappa shape index (κ2) is 7.46. The number of nitrogens with zero attached hydrogens (tertiary/aromatic N) is 4. The minimum absolute atomic E-state index is 0.0747. The van der Waals surface area contributed by atoms with E-state index in [2.05, 4.69) is 34.1 Å². The fraction of sp³-hybridized carbons (Fsp3) is 0.286. The van der Waals surface area contributed by atoms with E-state index in [1.54, 1.807) is 21.7 Å². The zero-order valence-electron chi connectivity index (χ0n) is 15.7. The maximum atomic E-state index is 12.4. The van der Waals surface area contributed by atoms with Crippen molar-refractivity contribution in [3.63, 3.8) is 0 Å². The van der Waals surface area contributed by atoms with Crippen LogP contribution in [0.15, 0.2) is 58.8 Å². The molecular weight excluding hydrogens is 388 g/mol. The van der Waals surface area contributed by atoms with Crippen LogP contribution in [-0.4, -0.2) is 39.7 Å². The van der Waals surface area contributed by atoms with Crippen LogP contribution in [0, 0.1) is 0 Å². The van der Waals surface area contributed by atoms with Crippen molar-refractivity contribution < 1.29 is 9.53 Å². The summed E-state index contributed by atoms with van der Waals surface area (Å²) in [6.07, 6.45) is 1.20. The van der Waals surface area contributed by atoms with Gasteiger partial charge in [-0.25, -0.2) is 14.7 Å². The smallest absolute Gasteiger partial charge is 0.416 e. The first kappa shape index (κ1) is 18.1. The van der Waals surface area contributed by atoms with Gasteiger partial charge in [-0.2, -0.15) is 0 Å². The predicted octanol–water partition coefficient (Wildman–Crippen LogP) is 2.69. The number of anilines is 1. The first-order valence-electron chi connectivity index (χ1n) is 9.53. The molecule has 29 heavy (non-hydrogen) atoms. The molecule has 2 aliphatic rings. The van der Waals surface area contributed by atoms with Gasteiger partial charge < -0.3 is 9.30 Å². The fourth-order valence-electron chi connectivity index (χ4n) is 3.85. The predicted molar refractivity (Wildman–Crippen MR) is 110 cm³/mol. The summed E-state index contributed by atoms with van der Waals surface area (Å²) in [7, 11) is 0. The molecule has 5 rings (SSSR count). The Balaban J connectivity index is 1.23. The Kier molecular flexibility index (Phi) is 4.65. The van der Waals surface area contributed by atoms with Crippen LogP contribution in [0.2, 0.25) is 0 Å². The van der Waals surface area contributed by atoms with Gasteiger partial charge in [0.2, 0.25) is 0 Å². The number of hydrogen-bond donors (Lipinski definition) is 0. The molecule has 2 aliphatic heterocycles. The van der Waals surface area contributed by atoms with Crippen molar-refractivity contribution in [2.75, 3.05) is 18.0 Å². The molecule has 148 valence electrons. The van der Waals surface area contributed by atoms with Gasteiger partial charge in [-0.15, -0.1) is 11.3 Å². The van der Waals surface area contributed by atoms with E-state index in [-0.39, 0.29) is 17.8 Å². The third-order valence-electron chi connectivity index (χ3n) is 5.24. The summed E-state index contributed by atoms with van der Waals surface area (Å²) in [5, 5.41) is 2.49. The molecule has 1 atom stereocenters. The number of carbonyl (C=O) groups excluding carboxylic acids is 1. The number of benzene rings is 1. The Morgan fingerprint density at radius 2 is 1.83 bits per heavy atom. The molecule has 0 saturated carbocycles. The quantitative estimate of drug-likeness (QED) is 0.649. The molecule has 0 spiro atoms. The van der Waals surface area contributed by atoms with Gasteiger partial charge in [-0.1, -0.05) is 30.3 Å². The number of pyridine rings is 1. The third-order valence-corrected chi connectivity index (χ3v) is 6.16. The monoisotopic (exact) mass is 408 g/mol. The number of ether oxygens (including phenoxy) is 1. The van der Waals surface area contributed by atoms with E-state index in [4.69, 9.17) is 4.74 Å². The van der Waals surface area contributed by atoms with E-state index in [1.807, 2.05) is 11.4 Å². The summed E-state index contributed by atoms with van der Waals surface area (Å²) in [5.74, 6) is 0. The zero-order chi connectivity index (χ0) is 19.8. The summed E-state index contributed by atoms with van der Waals surface area (Å²) in [6, 6.07) is 13.5. The van der Waals surface area contributed by atoms with Crippen molar-refractivity contribution in [1.82, 2.24) is 14.5 Å². The van der Waals surface area contributed by atoms with Gasteiger partial charge in [0.1, 0.15) is 6.10 Å². The van der Waals surface area contributed by atoms with Crippen molar-refractivity contribution in [3.05, 3.63) is 81.2 Å². The van der Waals surface area contributed by atoms with Crippen LogP contribution >= 0.6 is 11.3 Å².